The Kier molecular flexibility index (Phi) is 5.19. The van der Waals surface area contributed by atoms with E-state index in [0.29, 0.717) is 0 Å². The highest BCUT2D eigenvalue weighted by Crippen LogP contribution is 2.14. The molecule has 0 spiro atoms. The number of aliphatic hydroxyl groups is 2. The first kappa shape index (κ1) is 14.5. The number of ether oxygens (including phenoxy) is 2. The van der Waals surface area contributed by atoms with Gasteiger partial charge in [0.25, 0.3) is 0 Å². The fourth-order valence-corrected chi connectivity index (χ4v) is 1.49. The maximum Gasteiger partial charge on any atom is 0.219 e. The largest absolute Gasteiger partial charge is 0.469 e. The normalized spacial score (nSPS) is 26.3. The summed E-state index contributed by atoms with van der Waals surface area (Å²) in [5, 5.41) is 17.9. The molecule has 2 atom stereocenters. The van der Waals surface area contributed by atoms with Gasteiger partial charge in [-0.3, -0.25) is 0 Å². The molecule has 4 heteroatoms. The average Bonchev–Trinajstić information content (AvgIpc) is 2.30. The summed E-state index contributed by atoms with van der Waals surface area (Å²) in [5.41, 5.74) is 3.79. The SMILES string of the molecule is CC1=COC(O)C(C)=C1.CC1=COC(O)C(C)=C1. The van der Waals surface area contributed by atoms with Crippen LogP contribution in [0.3, 0.4) is 0 Å². The zero-order valence-electron chi connectivity index (χ0n) is 11.2. The molecule has 0 bridgehead atoms. The molecule has 100 valence electrons. The molecule has 18 heavy (non-hydrogen) atoms. The van der Waals surface area contributed by atoms with E-state index in [1.54, 1.807) is 12.5 Å². The van der Waals surface area contributed by atoms with Gasteiger partial charge in [0.2, 0.25) is 12.6 Å². The molecule has 0 amide bonds. The molecular weight excluding hydrogens is 232 g/mol. The van der Waals surface area contributed by atoms with Crippen LogP contribution < -0.4 is 0 Å². The lowest BCUT2D eigenvalue weighted by molar-refractivity contribution is -0.0244. The Balaban J connectivity index is 0.000000180. The number of aliphatic hydroxyl groups excluding tert-OH is 2. The summed E-state index contributed by atoms with van der Waals surface area (Å²) >= 11 is 0. The summed E-state index contributed by atoms with van der Waals surface area (Å²) in [5.74, 6) is 0. The Morgan fingerprint density at radius 2 is 1.11 bits per heavy atom. The third kappa shape index (κ3) is 4.39. The van der Waals surface area contributed by atoms with E-state index in [-0.39, 0.29) is 0 Å². The molecule has 2 rings (SSSR count). The molecule has 0 radical (unpaired) electrons. The Hall–Kier alpha value is -1.52. The van der Waals surface area contributed by atoms with Crippen molar-refractivity contribution in [3.8, 4) is 0 Å². The molecule has 0 saturated carbocycles. The van der Waals surface area contributed by atoms with Crippen molar-refractivity contribution in [2.45, 2.75) is 40.3 Å². The maximum absolute atomic E-state index is 8.96. The standard InChI is InChI=1S/2C7H10O2/c2*1-5-3-6(2)7(8)9-4-5/h2*3-4,7-8H,1-2H3. The van der Waals surface area contributed by atoms with Crippen molar-refractivity contribution >= 4 is 0 Å². The zero-order chi connectivity index (χ0) is 13.7. The molecular formula is C14H20O4. The summed E-state index contributed by atoms with van der Waals surface area (Å²) in [6.07, 6.45) is 5.44. The third-order valence-corrected chi connectivity index (χ3v) is 2.46. The molecule has 0 aliphatic carbocycles. The lowest BCUT2D eigenvalue weighted by Gasteiger charge is -2.15. The average molecular weight is 252 g/mol. The van der Waals surface area contributed by atoms with Gasteiger partial charge in [-0.05, 0) is 50.0 Å². The first-order valence-electron chi connectivity index (χ1n) is 5.77. The number of allylic oxidation sites excluding steroid dienone is 4. The van der Waals surface area contributed by atoms with Crippen molar-refractivity contribution < 1.29 is 19.7 Å². The Bertz CT molecular complexity index is 376. The molecule has 2 unspecified atom stereocenters. The molecule has 2 aliphatic rings. The van der Waals surface area contributed by atoms with Gasteiger partial charge >= 0.3 is 0 Å². The van der Waals surface area contributed by atoms with E-state index >= 15 is 0 Å². The van der Waals surface area contributed by atoms with E-state index in [1.165, 1.54) is 0 Å². The van der Waals surface area contributed by atoms with Gasteiger partial charge in [0.1, 0.15) is 0 Å². The topological polar surface area (TPSA) is 58.9 Å². The van der Waals surface area contributed by atoms with E-state index < -0.39 is 12.6 Å². The summed E-state index contributed by atoms with van der Waals surface area (Å²) in [6, 6.07) is 0. The summed E-state index contributed by atoms with van der Waals surface area (Å²) in [7, 11) is 0. The van der Waals surface area contributed by atoms with Crippen LogP contribution in [0.2, 0.25) is 0 Å². The van der Waals surface area contributed by atoms with Gasteiger partial charge in [-0.15, -0.1) is 0 Å². The van der Waals surface area contributed by atoms with Crippen LogP contribution in [0.4, 0.5) is 0 Å². The Labute approximate surface area is 108 Å². The Morgan fingerprint density at radius 1 is 0.778 bits per heavy atom. The quantitative estimate of drug-likeness (QED) is 0.695. The van der Waals surface area contributed by atoms with E-state index in [2.05, 4.69) is 0 Å². The van der Waals surface area contributed by atoms with Crippen LogP contribution >= 0.6 is 0 Å². The third-order valence-electron chi connectivity index (χ3n) is 2.46. The van der Waals surface area contributed by atoms with Gasteiger partial charge in [0, 0.05) is 0 Å². The summed E-state index contributed by atoms with van der Waals surface area (Å²) in [4.78, 5) is 0. The fourth-order valence-electron chi connectivity index (χ4n) is 1.49. The van der Waals surface area contributed by atoms with Crippen LogP contribution in [0.5, 0.6) is 0 Å². The molecule has 0 aromatic heterocycles. The van der Waals surface area contributed by atoms with Crippen LogP contribution in [0.1, 0.15) is 27.7 Å². The monoisotopic (exact) mass is 252 g/mol. The lowest BCUT2D eigenvalue weighted by Crippen LogP contribution is -2.12. The van der Waals surface area contributed by atoms with Crippen LogP contribution in [-0.4, -0.2) is 22.8 Å². The first-order valence-corrected chi connectivity index (χ1v) is 5.77. The van der Waals surface area contributed by atoms with Crippen LogP contribution in [0, 0.1) is 0 Å². The molecule has 0 aromatic carbocycles. The second-order valence-electron chi connectivity index (χ2n) is 4.48. The first-order chi connectivity index (χ1) is 8.40. The molecule has 0 saturated heterocycles. The van der Waals surface area contributed by atoms with Gasteiger partial charge in [-0.25, -0.2) is 0 Å². The predicted octanol–water partition coefficient (Wildman–Crippen LogP) is 2.37. The van der Waals surface area contributed by atoms with E-state index in [1.807, 2.05) is 39.8 Å². The minimum absolute atomic E-state index is 0.728. The number of rotatable bonds is 0. The lowest BCUT2D eigenvalue weighted by atomic mass is 10.2. The highest BCUT2D eigenvalue weighted by atomic mass is 16.6. The van der Waals surface area contributed by atoms with Gasteiger partial charge in [-0.1, -0.05) is 12.2 Å². The molecule has 0 aromatic rings. The van der Waals surface area contributed by atoms with Crippen LogP contribution in [0.15, 0.2) is 47.0 Å². The van der Waals surface area contributed by atoms with E-state index in [4.69, 9.17) is 19.7 Å². The summed E-state index contributed by atoms with van der Waals surface area (Å²) < 4.78 is 9.66. The fraction of sp³-hybridized carbons (Fsp3) is 0.429. The molecule has 4 nitrogen and oxygen atoms in total. The van der Waals surface area contributed by atoms with E-state index in [9.17, 15) is 0 Å². The van der Waals surface area contributed by atoms with Crippen molar-refractivity contribution in [3.63, 3.8) is 0 Å². The van der Waals surface area contributed by atoms with Crippen molar-refractivity contribution in [3.05, 3.63) is 47.0 Å². The maximum atomic E-state index is 8.96. The number of hydrogen-bond acceptors (Lipinski definition) is 4. The van der Waals surface area contributed by atoms with Gasteiger partial charge in [0.05, 0.1) is 12.5 Å². The minimum atomic E-state index is -0.728. The zero-order valence-corrected chi connectivity index (χ0v) is 11.2. The second-order valence-corrected chi connectivity index (χ2v) is 4.48. The summed E-state index contributed by atoms with van der Waals surface area (Å²) in [6.45, 7) is 7.52. The van der Waals surface area contributed by atoms with Crippen molar-refractivity contribution in [1.29, 1.82) is 0 Å². The van der Waals surface area contributed by atoms with Crippen molar-refractivity contribution in [2.24, 2.45) is 0 Å². The molecule has 2 aliphatic heterocycles. The van der Waals surface area contributed by atoms with Crippen molar-refractivity contribution in [1.82, 2.24) is 0 Å². The van der Waals surface area contributed by atoms with Crippen LogP contribution in [-0.2, 0) is 9.47 Å². The smallest absolute Gasteiger partial charge is 0.219 e. The van der Waals surface area contributed by atoms with E-state index in [0.717, 1.165) is 22.3 Å². The second kappa shape index (κ2) is 6.42. The van der Waals surface area contributed by atoms with Crippen molar-refractivity contribution in [2.75, 3.05) is 0 Å². The highest BCUT2D eigenvalue weighted by molar-refractivity contribution is 5.23. The Morgan fingerprint density at radius 3 is 1.33 bits per heavy atom. The van der Waals surface area contributed by atoms with Crippen LogP contribution in [0.25, 0.3) is 0 Å². The van der Waals surface area contributed by atoms with Gasteiger partial charge in [0.15, 0.2) is 0 Å². The highest BCUT2D eigenvalue weighted by Gasteiger charge is 2.09. The minimum Gasteiger partial charge on any atom is -0.469 e. The predicted molar refractivity (Wildman–Crippen MR) is 69.2 cm³/mol. The molecule has 0 fully saturated rings. The molecule has 2 heterocycles. The van der Waals surface area contributed by atoms with Gasteiger partial charge < -0.3 is 19.7 Å². The van der Waals surface area contributed by atoms with Gasteiger partial charge in [-0.2, -0.15) is 0 Å². The number of hydrogen-bond donors (Lipinski definition) is 2. The molecule has 2 N–H and O–H groups in total.